The molecule has 5 heteroatoms. The van der Waals surface area contributed by atoms with Gasteiger partial charge in [0.2, 0.25) is 5.95 Å². The fourth-order valence-corrected chi connectivity index (χ4v) is 2.31. The van der Waals surface area contributed by atoms with E-state index < -0.39 is 0 Å². The minimum absolute atomic E-state index is 0.175. The first-order valence-corrected chi connectivity index (χ1v) is 7.12. The molecule has 0 unspecified atom stereocenters. The molecular weight excluding hydrogens is 276 g/mol. The standard InChI is InChI=1S/C17H16N4O/c1-2-21(14-6-4-3-5-7-14)17-19-15(12-16(22)20-17)13-8-10-18-11-9-13/h3-12H,2H2,1H3,(H,19,20,22). The van der Waals surface area contributed by atoms with Crippen molar-refractivity contribution in [3.8, 4) is 11.3 Å². The van der Waals surface area contributed by atoms with Crippen molar-refractivity contribution in [2.45, 2.75) is 6.92 Å². The predicted molar refractivity (Wildman–Crippen MR) is 87.2 cm³/mol. The van der Waals surface area contributed by atoms with Crippen molar-refractivity contribution in [3.63, 3.8) is 0 Å². The van der Waals surface area contributed by atoms with Gasteiger partial charge in [0.1, 0.15) is 0 Å². The van der Waals surface area contributed by atoms with Gasteiger partial charge >= 0.3 is 0 Å². The number of nitrogens with zero attached hydrogens (tertiary/aromatic N) is 3. The topological polar surface area (TPSA) is 61.9 Å². The van der Waals surface area contributed by atoms with Crippen molar-refractivity contribution >= 4 is 11.6 Å². The first-order valence-electron chi connectivity index (χ1n) is 7.12. The number of pyridine rings is 1. The van der Waals surface area contributed by atoms with Crippen molar-refractivity contribution < 1.29 is 0 Å². The third-order valence-corrected chi connectivity index (χ3v) is 3.35. The van der Waals surface area contributed by atoms with Crippen LogP contribution in [0.5, 0.6) is 0 Å². The third-order valence-electron chi connectivity index (χ3n) is 3.35. The Morgan fingerprint density at radius 3 is 2.50 bits per heavy atom. The average Bonchev–Trinajstić information content (AvgIpc) is 2.57. The van der Waals surface area contributed by atoms with E-state index in [1.54, 1.807) is 12.4 Å². The van der Waals surface area contributed by atoms with E-state index in [0.29, 0.717) is 18.2 Å². The van der Waals surface area contributed by atoms with Crippen LogP contribution in [-0.4, -0.2) is 21.5 Å². The highest BCUT2D eigenvalue weighted by atomic mass is 16.1. The Balaban J connectivity index is 2.07. The third kappa shape index (κ3) is 2.88. The number of hydrogen-bond donors (Lipinski definition) is 1. The number of benzene rings is 1. The van der Waals surface area contributed by atoms with Crippen LogP contribution in [0.2, 0.25) is 0 Å². The lowest BCUT2D eigenvalue weighted by Crippen LogP contribution is -2.22. The minimum Gasteiger partial charge on any atom is -0.312 e. The number of anilines is 2. The molecule has 0 radical (unpaired) electrons. The van der Waals surface area contributed by atoms with Crippen molar-refractivity contribution in [1.29, 1.82) is 0 Å². The Morgan fingerprint density at radius 2 is 1.82 bits per heavy atom. The summed E-state index contributed by atoms with van der Waals surface area (Å²) >= 11 is 0. The molecule has 5 nitrogen and oxygen atoms in total. The monoisotopic (exact) mass is 292 g/mol. The van der Waals surface area contributed by atoms with Gasteiger partial charge in [-0.05, 0) is 31.2 Å². The summed E-state index contributed by atoms with van der Waals surface area (Å²) in [5, 5.41) is 0. The molecule has 3 aromatic rings. The van der Waals surface area contributed by atoms with Gasteiger partial charge in [-0.1, -0.05) is 18.2 Å². The van der Waals surface area contributed by atoms with Crippen LogP contribution in [0.3, 0.4) is 0 Å². The second-order valence-electron chi connectivity index (χ2n) is 4.77. The quantitative estimate of drug-likeness (QED) is 0.803. The largest absolute Gasteiger partial charge is 0.312 e. The molecule has 1 aromatic carbocycles. The number of aromatic nitrogens is 3. The molecule has 0 spiro atoms. The number of H-pyrrole nitrogens is 1. The molecule has 0 aliphatic heterocycles. The van der Waals surface area contributed by atoms with Crippen molar-refractivity contribution in [1.82, 2.24) is 15.0 Å². The van der Waals surface area contributed by atoms with Gasteiger partial charge in [-0.3, -0.25) is 14.8 Å². The second kappa shape index (κ2) is 6.22. The van der Waals surface area contributed by atoms with Crippen molar-refractivity contribution in [2.75, 3.05) is 11.4 Å². The maximum atomic E-state index is 12.0. The molecule has 0 aliphatic carbocycles. The maximum Gasteiger partial charge on any atom is 0.252 e. The van der Waals surface area contributed by atoms with Crippen LogP contribution in [-0.2, 0) is 0 Å². The average molecular weight is 292 g/mol. The summed E-state index contributed by atoms with van der Waals surface area (Å²) in [6.07, 6.45) is 3.37. The van der Waals surface area contributed by atoms with Crippen LogP contribution in [0.1, 0.15) is 6.92 Å². The lowest BCUT2D eigenvalue weighted by molar-refractivity contribution is 0.938. The number of para-hydroxylation sites is 1. The first-order chi connectivity index (χ1) is 10.8. The molecule has 2 aromatic heterocycles. The van der Waals surface area contributed by atoms with Gasteiger partial charge in [-0.25, -0.2) is 4.98 Å². The van der Waals surface area contributed by atoms with E-state index in [1.165, 1.54) is 6.07 Å². The molecule has 0 amide bonds. The van der Waals surface area contributed by atoms with Crippen LogP contribution in [0.25, 0.3) is 11.3 Å². The van der Waals surface area contributed by atoms with E-state index in [2.05, 4.69) is 15.0 Å². The number of nitrogens with one attached hydrogen (secondary N) is 1. The van der Waals surface area contributed by atoms with Crippen LogP contribution in [0.15, 0.2) is 65.7 Å². The highest BCUT2D eigenvalue weighted by Crippen LogP contribution is 2.22. The molecule has 0 bridgehead atoms. The summed E-state index contributed by atoms with van der Waals surface area (Å²) in [5.41, 5.74) is 2.31. The Kier molecular flexibility index (Phi) is 3.96. The lowest BCUT2D eigenvalue weighted by atomic mass is 10.2. The Bertz CT molecular complexity index is 800. The number of hydrogen-bond acceptors (Lipinski definition) is 4. The highest BCUT2D eigenvalue weighted by Gasteiger charge is 2.11. The highest BCUT2D eigenvalue weighted by molar-refractivity contribution is 5.62. The summed E-state index contributed by atoms with van der Waals surface area (Å²) in [6, 6.07) is 15.0. The van der Waals surface area contributed by atoms with E-state index in [4.69, 9.17) is 0 Å². The van der Waals surface area contributed by atoms with Gasteiger partial charge in [0.05, 0.1) is 5.69 Å². The van der Waals surface area contributed by atoms with E-state index in [0.717, 1.165) is 11.3 Å². The minimum atomic E-state index is -0.175. The SMILES string of the molecule is CCN(c1ccccc1)c1nc(-c2ccncc2)cc(=O)[nH]1. The number of aromatic amines is 1. The van der Waals surface area contributed by atoms with Crippen LogP contribution >= 0.6 is 0 Å². The van der Waals surface area contributed by atoms with Crippen molar-refractivity contribution in [2.24, 2.45) is 0 Å². The van der Waals surface area contributed by atoms with Crippen molar-refractivity contribution in [3.05, 3.63) is 71.3 Å². The summed E-state index contributed by atoms with van der Waals surface area (Å²) in [5.74, 6) is 0.535. The van der Waals surface area contributed by atoms with Gasteiger partial charge in [0.15, 0.2) is 0 Å². The van der Waals surface area contributed by atoms with E-state index in [-0.39, 0.29) is 5.56 Å². The van der Waals surface area contributed by atoms with Gasteiger partial charge in [-0.2, -0.15) is 0 Å². The zero-order valence-corrected chi connectivity index (χ0v) is 12.2. The molecule has 0 aliphatic rings. The summed E-state index contributed by atoms with van der Waals surface area (Å²) in [4.78, 5) is 25.4. The van der Waals surface area contributed by atoms with E-state index in [1.807, 2.05) is 54.3 Å². The smallest absolute Gasteiger partial charge is 0.252 e. The molecular formula is C17H16N4O. The molecule has 0 atom stereocenters. The lowest BCUT2D eigenvalue weighted by Gasteiger charge is -2.21. The van der Waals surface area contributed by atoms with Gasteiger partial charge in [-0.15, -0.1) is 0 Å². The molecule has 0 fully saturated rings. The Morgan fingerprint density at radius 1 is 1.09 bits per heavy atom. The molecule has 0 saturated carbocycles. The fourth-order valence-electron chi connectivity index (χ4n) is 2.31. The maximum absolute atomic E-state index is 12.0. The van der Waals surface area contributed by atoms with E-state index in [9.17, 15) is 4.79 Å². The Hall–Kier alpha value is -2.95. The van der Waals surface area contributed by atoms with Crippen LogP contribution in [0.4, 0.5) is 11.6 Å². The normalized spacial score (nSPS) is 10.4. The van der Waals surface area contributed by atoms with Gasteiger partial charge in [0, 0.05) is 36.3 Å². The zero-order valence-electron chi connectivity index (χ0n) is 12.2. The zero-order chi connectivity index (χ0) is 15.4. The van der Waals surface area contributed by atoms with E-state index >= 15 is 0 Å². The van der Waals surface area contributed by atoms with Gasteiger partial charge in [0.25, 0.3) is 5.56 Å². The summed E-state index contributed by atoms with van der Waals surface area (Å²) in [7, 11) is 0. The molecule has 2 heterocycles. The first kappa shape index (κ1) is 14.0. The fraction of sp³-hybridized carbons (Fsp3) is 0.118. The summed E-state index contributed by atoms with van der Waals surface area (Å²) in [6.45, 7) is 2.72. The van der Waals surface area contributed by atoms with Gasteiger partial charge < -0.3 is 4.90 Å². The summed E-state index contributed by atoms with van der Waals surface area (Å²) < 4.78 is 0. The molecule has 110 valence electrons. The van der Waals surface area contributed by atoms with Crippen LogP contribution in [0, 0.1) is 0 Å². The molecule has 3 rings (SSSR count). The second-order valence-corrected chi connectivity index (χ2v) is 4.77. The molecule has 0 saturated heterocycles. The van der Waals surface area contributed by atoms with Crippen LogP contribution < -0.4 is 10.5 Å². The number of rotatable bonds is 4. The molecule has 22 heavy (non-hydrogen) atoms. The predicted octanol–water partition coefficient (Wildman–Crippen LogP) is 2.99. The Labute approximate surface area is 128 Å². The molecule has 1 N–H and O–H groups in total.